The molecule has 0 aliphatic heterocycles. The molecule has 2 rings (SSSR count). The van der Waals surface area contributed by atoms with E-state index in [4.69, 9.17) is 17.4 Å². The van der Waals surface area contributed by atoms with Gasteiger partial charge in [-0.25, -0.2) is 14.5 Å². The van der Waals surface area contributed by atoms with Crippen LogP contribution < -0.4 is 11.3 Å². The third-order valence-electron chi connectivity index (χ3n) is 2.22. The van der Waals surface area contributed by atoms with Crippen LogP contribution in [0.2, 0.25) is 5.02 Å². The Morgan fingerprint density at radius 2 is 2.28 bits per heavy atom. The lowest BCUT2D eigenvalue weighted by atomic mass is 10.2. The average molecular weight is 269 g/mol. The molecule has 6 nitrogen and oxygen atoms in total. The summed E-state index contributed by atoms with van der Waals surface area (Å²) >= 11 is 5.83. The first-order chi connectivity index (χ1) is 8.59. The van der Waals surface area contributed by atoms with Crippen molar-refractivity contribution in [3.63, 3.8) is 0 Å². The average Bonchev–Trinajstić information content (AvgIpc) is 2.65. The Morgan fingerprint density at radius 1 is 1.50 bits per heavy atom. The van der Waals surface area contributed by atoms with Gasteiger partial charge >= 0.3 is 0 Å². The Bertz CT molecular complexity index is 574. The molecule has 1 aromatic carbocycles. The number of nitrogens with one attached hydrogen (secondary N) is 1. The van der Waals surface area contributed by atoms with E-state index in [0.717, 1.165) is 0 Å². The van der Waals surface area contributed by atoms with Crippen molar-refractivity contribution < 1.29 is 4.39 Å². The summed E-state index contributed by atoms with van der Waals surface area (Å²) in [4.78, 5) is 0. The molecule has 0 fully saturated rings. The second kappa shape index (κ2) is 5.01. The van der Waals surface area contributed by atoms with Crippen molar-refractivity contribution in [1.82, 2.24) is 14.9 Å². The molecule has 3 N–H and O–H groups in total. The third-order valence-corrected chi connectivity index (χ3v) is 2.55. The van der Waals surface area contributed by atoms with E-state index in [1.54, 1.807) is 13.0 Å². The van der Waals surface area contributed by atoms with Gasteiger partial charge < -0.3 is 5.84 Å². The molecular weight excluding hydrogens is 259 g/mol. The number of halogens is 2. The molecule has 94 valence electrons. The molecule has 0 saturated heterocycles. The number of aryl methyl sites for hydroxylation is 1. The van der Waals surface area contributed by atoms with Gasteiger partial charge in [0.1, 0.15) is 5.82 Å². The van der Waals surface area contributed by atoms with E-state index in [2.05, 4.69) is 20.7 Å². The van der Waals surface area contributed by atoms with Gasteiger partial charge in [-0.3, -0.25) is 0 Å². The van der Waals surface area contributed by atoms with Crippen LogP contribution in [-0.2, 0) is 0 Å². The number of hydrogen-bond acceptors (Lipinski definition) is 5. The largest absolute Gasteiger partial charge is 0.335 e. The monoisotopic (exact) mass is 268 g/mol. The van der Waals surface area contributed by atoms with E-state index < -0.39 is 5.82 Å². The Hall–Kier alpha value is -2.15. The highest BCUT2D eigenvalue weighted by Gasteiger charge is 2.05. The lowest BCUT2D eigenvalue weighted by molar-refractivity contribution is 0.626. The third kappa shape index (κ3) is 2.40. The molecule has 0 atom stereocenters. The Kier molecular flexibility index (Phi) is 3.42. The van der Waals surface area contributed by atoms with Crippen LogP contribution >= 0.6 is 11.6 Å². The van der Waals surface area contributed by atoms with Gasteiger partial charge in [-0.15, -0.1) is 10.2 Å². The van der Waals surface area contributed by atoms with Gasteiger partial charge in [-0.1, -0.05) is 17.7 Å². The van der Waals surface area contributed by atoms with Crippen molar-refractivity contribution >= 4 is 23.8 Å². The normalized spacial score (nSPS) is 11.1. The molecule has 0 aliphatic carbocycles. The van der Waals surface area contributed by atoms with Crippen LogP contribution in [0.15, 0.2) is 23.3 Å². The summed E-state index contributed by atoms with van der Waals surface area (Å²) in [5.41, 5.74) is 2.73. The highest BCUT2D eigenvalue weighted by atomic mass is 35.5. The van der Waals surface area contributed by atoms with Gasteiger partial charge in [0.25, 0.3) is 5.95 Å². The lowest BCUT2D eigenvalue weighted by Gasteiger charge is -2.01. The Labute approximate surface area is 107 Å². The zero-order valence-corrected chi connectivity index (χ0v) is 10.2. The molecule has 0 radical (unpaired) electrons. The van der Waals surface area contributed by atoms with Crippen LogP contribution in [0.4, 0.5) is 10.3 Å². The molecule has 0 amide bonds. The fourth-order valence-corrected chi connectivity index (χ4v) is 1.45. The quantitative estimate of drug-likeness (QED) is 0.503. The number of hydrogen-bond donors (Lipinski definition) is 2. The molecule has 0 spiro atoms. The predicted molar refractivity (Wildman–Crippen MR) is 67.5 cm³/mol. The zero-order valence-electron chi connectivity index (χ0n) is 9.43. The minimum Gasteiger partial charge on any atom is -0.335 e. The van der Waals surface area contributed by atoms with E-state index >= 15 is 0 Å². The number of anilines is 1. The molecule has 0 bridgehead atoms. The van der Waals surface area contributed by atoms with Gasteiger partial charge in [-0.2, -0.15) is 5.10 Å². The van der Waals surface area contributed by atoms with Crippen molar-refractivity contribution in [2.75, 3.05) is 11.3 Å². The molecule has 1 aromatic heterocycles. The summed E-state index contributed by atoms with van der Waals surface area (Å²) in [5, 5.41) is 11.5. The first-order valence-electron chi connectivity index (χ1n) is 5.00. The minimum absolute atomic E-state index is 0.187. The number of nitrogen functional groups attached to an aromatic ring is 1. The molecule has 1 heterocycles. The molecule has 2 aromatic rings. The van der Waals surface area contributed by atoms with Crippen LogP contribution in [0.25, 0.3) is 0 Å². The van der Waals surface area contributed by atoms with Crippen LogP contribution in [-0.4, -0.2) is 21.1 Å². The van der Waals surface area contributed by atoms with Crippen LogP contribution in [0.3, 0.4) is 0 Å². The van der Waals surface area contributed by atoms with E-state index in [0.29, 0.717) is 5.82 Å². The fraction of sp³-hybridized carbons (Fsp3) is 0.100. The maximum atomic E-state index is 13.4. The predicted octanol–water partition coefficient (Wildman–Crippen LogP) is 1.54. The van der Waals surface area contributed by atoms with Crippen LogP contribution in [0, 0.1) is 12.7 Å². The van der Waals surface area contributed by atoms with Gasteiger partial charge in [0.2, 0.25) is 0 Å². The van der Waals surface area contributed by atoms with Crippen molar-refractivity contribution in [1.29, 1.82) is 0 Å². The maximum Gasteiger partial charge on any atom is 0.263 e. The van der Waals surface area contributed by atoms with Gasteiger partial charge in [0.15, 0.2) is 5.82 Å². The van der Waals surface area contributed by atoms with Crippen molar-refractivity contribution in [3.05, 3.63) is 40.4 Å². The van der Waals surface area contributed by atoms with Crippen molar-refractivity contribution in [2.45, 2.75) is 6.92 Å². The summed E-state index contributed by atoms with van der Waals surface area (Å²) in [5.74, 6) is 5.91. The van der Waals surface area contributed by atoms with E-state index in [9.17, 15) is 4.39 Å². The van der Waals surface area contributed by atoms with Gasteiger partial charge in [-0.05, 0) is 19.1 Å². The fourth-order valence-electron chi connectivity index (χ4n) is 1.23. The molecule has 18 heavy (non-hydrogen) atoms. The summed E-state index contributed by atoms with van der Waals surface area (Å²) in [6, 6.07) is 4.38. The smallest absolute Gasteiger partial charge is 0.263 e. The first-order valence-corrected chi connectivity index (χ1v) is 5.37. The minimum atomic E-state index is -0.460. The number of nitrogens with two attached hydrogens (primary N) is 1. The molecule has 8 heteroatoms. The number of rotatable bonds is 3. The van der Waals surface area contributed by atoms with Crippen molar-refractivity contribution in [2.24, 2.45) is 5.10 Å². The zero-order chi connectivity index (χ0) is 13.1. The summed E-state index contributed by atoms with van der Waals surface area (Å²) in [7, 11) is 0. The second-order valence-electron chi connectivity index (χ2n) is 3.45. The van der Waals surface area contributed by atoms with E-state index in [-0.39, 0.29) is 16.5 Å². The summed E-state index contributed by atoms with van der Waals surface area (Å²) in [6.07, 6.45) is 1.25. The number of benzene rings is 1. The molecule has 0 saturated carbocycles. The van der Waals surface area contributed by atoms with Crippen molar-refractivity contribution in [3.8, 4) is 0 Å². The molecular formula is C10H10ClFN6. The van der Waals surface area contributed by atoms with E-state index in [1.165, 1.54) is 23.0 Å². The van der Waals surface area contributed by atoms with Gasteiger partial charge in [0, 0.05) is 5.56 Å². The van der Waals surface area contributed by atoms with Crippen LogP contribution in [0.1, 0.15) is 11.4 Å². The Morgan fingerprint density at radius 3 is 2.89 bits per heavy atom. The maximum absolute atomic E-state index is 13.4. The summed E-state index contributed by atoms with van der Waals surface area (Å²) in [6.45, 7) is 1.69. The molecule has 0 unspecified atom stereocenters. The van der Waals surface area contributed by atoms with Crippen LogP contribution in [0.5, 0.6) is 0 Å². The lowest BCUT2D eigenvalue weighted by Crippen LogP contribution is -2.13. The SMILES string of the molecule is Cc1nnc(N/N=C\c2c(F)cccc2Cl)n1N. The first kappa shape index (κ1) is 12.3. The van der Waals surface area contributed by atoms with Gasteiger partial charge in [0.05, 0.1) is 11.2 Å². The topological polar surface area (TPSA) is 81.1 Å². The standard InChI is InChI=1S/C10H10ClFN6/c1-6-15-17-10(18(6)13)16-14-5-7-8(11)3-2-4-9(7)12/h2-5H,13H2,1H3,(H,16,17)/b14-5-. The Balaban J connectivity index is 2.15. The number of hydrazone groups is 1. The second-order valence-corrected chi connectivity index (χ2v) is 3.85. The summed E-state index contributed by atoms with van der Waals surface area (Å²) < 4.78 is 14.6. The number of nitrogens with zero attached hydrogens (tertiary/aromatic N) is 4. The highest BCUT2D eigenvalue weighted by molar-refractivity contribution is 6.33. The highest BCUT2D eigenvalue weighted by Crippen LogP contribution is 2.16. The molecule has 0 aliphatic rings. The van der Waals surface area contributed by atoms with E-state index in [1.807, 2.05) is 0 Å². The number of aromatic nitrogens is 3.